The van der Waals surface area contributed by atoms with E-state index in [0.717, 1.165) is 44.3 Å². The van der Waals surface area contributed by atoms with Crippen LogP contribution < -0.4 is 15.5 Å². The molecule has 4 rings (SSSR count). The Morgan fingerprint density at radius 3 is 2.48 bits per heavy atom. The summed E-state index contributed by atoms with van der Waals surface area (Å²) in [4.78, 5) is 24.2. The van der Waals surface area contributed by atoms with Gasteiger partial charge in [0.05, 0.1) is 5.69 Å². The maximum atomic E-state index is 13.8. The number of carbonyl (C=O) groups excluding carboxylic acids is 1. The summed E-state index contributed by atoms with van der Waals surface area (Å²) in [6, 6.07) is 5.04. The second kappa shape index (κ2) is 9.20. The van der Waals surface area contributed by atoms with Gasteiger partial charge in [0, 0.05) is 37.3 Å². The number of aryl methyl sites for hydroxylation is 2. The highest BCUT2D eigenvalue weighted by Gasteiger charge is 2.25. The molecule has 0 bridgehead atoms. The summed E-state index contributed by atoms with van der Waals surface area (Å²) in [5.41, 5.74) is 3.39. The Labute approximate surface area is 183 Å². The molecule has 2 aliphatic rings. The SMILES string of the molecule is Cc1ccc(C(=O)NC2CCC(Nc3nc4c(c(N(C)C)n3)CCCC4)CC2)cc1F. The summed E-state index contributed by atoms with van der Waals surface area (Å²) in [5, 5.41) is 6.59. The van der Waals surface area contributed by atoms with Gasteiger partial charge < -0.3 is 15.5 Å². The van der Waals surface area contributed by atoms with E-state index in [-0.39, 0.29) is 17.8 Å². The Morgan fingerprint density at radius 1 is 1.06 bits per heavy atom. The Kier molecular flexibility index (Phi) is 6.39. The fraction of sp³-hybridized carbons (Fsp3) is 0.542. The van der Waals surface area contributed by atoms with Crippen molar-refractivity contribution in [2.24, 2.45) is 0 Å². The molecule has 2 aliphatic carbocycles. The molecule has 1 aromatic carbocycles. The molecule has 0 aliphatic heterocycles. The molecule has 6 nitrogen and oxygen atoms in total. The van der Waals surface area contributed by atoms with Gasteiger partial charge >= 0.3 is 0 Å². The van der Waals surface area contributed by atoms with Gasteiger partial charge in [-0.2, -0.15) is 4.98 Å². The van der Waals surface area contributed by atoms with Crippen molar-refractivity contribution < 1.29 is 9.18 Å². The molecule has 2 N–H and O–H groups in total. The minimum absolute atomic E-state index is 0.108. The van der Waals surface area contributed by atoms with Crippen LogP contribution in [-0.4, -0.2) is 42.1 Å². The average molecular weight is 426 g/mol. The minimum atomic E-state index is -0.345. The third kappa shape index (κ3) is 4.97. The van der Waals surface area contributed by atoms with Crippen LogP contribution in [0.15, 0.2) is 18.2 Å². The number of hydrogen-bond donors (Lipinski definition) is 2. The van der Waals surface area contributed by atoms with Gasteiger partial charge in [0.15, 0.2) is 0 Å². The van der Waals surface area contributed by atoms with Crippen molar-refractivity contribution in [3.05, 3.63) is 46.4 Å². The van der Waals surface area contributed by atoms with Gasteiger partial charge in [0.25, 0.3) is 5.91 Å². The fourth-order valence-corrected chi connectivity index (χ4v) is 4.58. The van der Waals surface area contributed by atoms with Crippen LogP contribution in [-0.2, 0) is 12.8 Å². The van der Waals surface area contributed by atoms with Crippen LogP contribution in [0.4, 0.5) is 16.2 Å². The van der Waals surface area contributed by atoms with Crippen LogP contribution in [0.2, 0.25) is 0 Å². The first-order valence-corrected chi connectivity index (χ1v) is 11.3. The quantitative estimate of drug-likeness (QED) is 0.757. The second-order valence-electron chi connectivity index (χ2n) is 9.03. The van der Waals surface area contributed by atoms with Gasteiger partial charge in [-0.1, -0.05) is 6.07 Å². The lowest BCUT2D eigenvalue weighted by molar-refractivity contribution is 0.0926. The minimum Gasteiger partial charge on any atom is -0.362 e. The standard InChI is InChI=1S/C24H32FN5O/c1-15-8-9-16(14-20(15)25)23(31)26-17-10-12-18(13-11-17)27-24-28-21-7-5-4-6-19(21)22(29-24)30(2)3/h8-9,14,17-18H,4-7,10-13H2,1-3H3,(H,26,31)(H,27,28,29). The monoisotopic (exact) mass is 425 g/mol. The highest BCUT2D eigenvalue weighted by Crippen LogP contribution is 2.29. The molecular formula is C24H32FN5O. The van der Waals surface area contributed by atoms with Crippen LogP contribution in [0, 0.1) is 12.7 Å². The molecule has 1 aromatic heterocycles. The van der Waals surface area contributed by atoms with Crippen molar-refractivity contribution in [2.45, 2.75) is 70.4 Å². The van der Waals surface area contributed by atoms with E-state index in [1.807, 2.05) is 14.1 Å². The lowest BCUT2D eigenvalue weighted by Gasteiger charge is -2.30. The summed E-state index contributed by atoms with van der Waals surface area (Å²) in [7, 11) is 4.07. The molecule has 0 saturated heterocycles. The third-order valence-corrected chi connectivity index (χ3v) is 6.41. The molecule has 1 amide bonds. The van der Waals surface area contributed by atoms with Crippen molar-refractivity contribution in [3.63, 3.8) is 0 Å². The molecule has 0 spiro atoms. The number of rotatable bonds is 5. The van der Waals surface area contributed by atoms with Crippen LogP contribution in [0.1, 0.15) is 65.7 Å². The van der Waals surface area contributed by atoms with Gasteiger partial charge in [0.1, 0.15) is 11.6 Å². The molecule has 31 heavy (non-hydrogen) atoms. The molecule has 0 radical (unpaired) electrons. The van der Waals surface area contributed by atoms with Gasteiger partial charge in [0.2, 0.25) is 5.95 Å². The van der Waals surface area contributed by atoms with Crippen molar-refractivity contribution in [1.82, 2.24) is 15.3 Å². The van der Waals surface area contributed by atoms with Crippen LogP contribution in [0.5, 0.6) is 0 Å². The molecule has 2 aromatic rings. The summed E-state index contributed by atoms with van der Waals surface area (Å²) in [6.45, 7) is 1.69. The number of aromatic nitrogens is 2. The van der Waals surface area contributed by atoms with E-state index >= 15 is 0 Å². The maximum absolute atomic E-state index is 13.8. The lowest BCUT2D eigenvalue weighted by Crippen LogP contribution is -2.40. The number of hydrogen-bond acceptors (Lipinski definition) is 5. The highest BCUT2D eigenvalue weighted by molar-refractivity contribution is 5.94. The first-order chi connectivity index (χ1) is 14.9. The van der Waals surface area contributed by atoms with E-state index in [1.165, 1.54) is 30.2 Å². The van der Waals surface area contributed by atoms with Gasteiger partial charge in [-0.05, 0) is 76.0 Å². The smallest absolute Gasteiger partial charge is 0.251 e. The lowest BCUT2D eigenvalue weighted by atomic mass is 9.91. The van der Waals surface area contributed by atoms with Gasteiger partial charge in [-0.25, -0.2) is 9.37 Å². The number of carbonyl (C=O) groups is 1. The number of amides is 1. The van der Waals surface area contributed by atoms with Crippen molar-refractivity contribution in [2.75, 3.05) is 24.3 Å². The van der Waals surface area contributed by atoms with E-state index in [9.17, 15) is 9.18 Å². The number of benzene rings is 1. The summed E-state index contributed by atoms with van der Waals surface area (Å²) >= 11 is 0. The second-order valence-corrected chi connectivity index (χ2v) is 9.03. The summed E-state index contributed by atoms with van der Waals surface area (Å²) < 4.78 is 13.8. The zero-order valence-corrected chi connectivity index (χ0v) is 18.7. The number of anilines is 2. The van der Waals surface area contributed by atoms with Gasteiger partial charge in [-0.15, -0.1) is 0 Å². The average Bonchev–Trinajstić information content (AvgIpc) is 2.76. The van der Waals surface area contributed by atoms with Crippen LogP contribution >= 0.6 is 0 Å². The Balaban J connectivity index is 1.34. The van der Waals surface area contributed by atoms with Crippen LogP contribution in [0.3, 0.4) is 0 Å². The zero-order chi connectivity index (χ0) is 22.0. The molecule has 1 fully saturated rings. The molecule has 1 saturated carbocycles. The number of fused-ring (bicyclic) bond motifs is 1. The molecule has 1 heterocycles. The van der Waals surface area contributed by atoms with Crippen molar-refractivity contribution >= 4 is 17.7 Å². The van der Waals surface area contributed by atoms with Crippen molar-refractivity contribution in [3.8, 4) is 0 Å². The molecule has 0 atom stereocenters. The molecule has 166 valence electrons. The highest BCUT2D eigenvalue weighted by atomic mass is 19.1. The number of halogens is 1. The topological polar surface area (TPSA) is 70.2 Å². The predicted molar refractivity (Wildman–Crippen MR) is 121 cm³/mol. The molecule has 7 heteroatoms. The first-order valence-electron chi connectivity index (χ1n) is 11.3. The Bertz CT molecular complexity index is 953. The summed E-state index contributed by atoms with van der Waals surface area (Å²) in [6.07, 6.45) is 8.09. The van der Waals surface area contributed by atoms with E-state index in [0.29, 0.717) is 23.1 Å². The molecule has 0 unspecified atom stereocenters. The largest absolute Gasteiger partial charge is 0.362 e. The van der Waals surface area contributed by atoms with E-state index in [1.54, 1.807) is 19.1 Å². The molecular weight excluding hydrogens is 393 g/mol. The Morgan fingerprint density at radius 2 is 1.77 bits per heavy atom. The fourth-order valence-electron chi connectivity index (χ4n) is 4.58. The Hall–Kier alpha value is -2.70. The van der Waals surface area contributed by atoms with E-state index in [2.05, 4.69) is 15.5 Å². The number of nitrogens with zero attached hydrogens (tertiary/aromatic N) is 3. The van der Waals surface area contributed by atoms with Crippen LogP contribution in [0.25, 0.3) is 0 Å². The van der Waals surface area contributed by atoms with E-state index < -0.39 is 0 Å². The van der Waals surface area contributed by atoms with E-state index in [4.69, 9.17) is 9.97 Å². The summed E-state index contributed by atoms with van der Waals surface area (Å²) in [5.74, 6) is 1.19. The van der Waals surface area contributed by atoms with Gasteiger partial charge in [-0.3, -0.25) is 4.79 Å². The van der Waals surface area contributed by atoms with Crippen molar-refractivity contribution in [1.29, 1.82) is 0 Å². The zero-order valence-electron chi connectivity index (χ0n) is 18.7. The predicted octanol–water partition coefficient (Wildman–Crippen LogP) is 4.02. The first kappa shape index (κ1) is 21.5. The number of nitrogens with one attached hydrogen (secondary N) is 2. The maximum Gasteiger partial charge on any atom is 0.251 e. The normalized spacial score (nSPS) is 20.6. The third-order valence-electron chi connectivity index (χ3n) is 6.41.